The van der Waals surface area contributed by atoms with Crippen molar-refractivity contribution in [3.63, 3.8) is 0 Å². The number of nitrogens with zero attached hydrogens (tertiary/aromatic N) is 3. The van der Waals surface area contributed by atoms with E-state index in [0.717, 1.165) is 16.1 Å². The Morgan fingerprint density at radius 2 is 1.41 bits per heavy atom. The molecule has 0 fully saturated rings. The van der Waals surface area contributed by atoms with E-state index < -0.39 is 14.7 Å². The molecule has 1 aromatic carbocycles. The summed E-state index contributed by atoms with van der Waals surface area (Å²) < 4.78 is 1.36. The molecular formula is C13H21AsN8. The Balaban J connectivity index is 2.10. The molecule has 2 rings (SSSR count). The minimum absolute atomic E-state index is 0.0883. The molecular weight excluding hydrogens is 343 g/mol. The average Bonchev–Trinajstić information content (AvgIpc) is 2.47. The summed E-state index contributed by atoms with van der Waals surface area (Å²) in [6.07, 6.45) is 0. The van der Waals surface area contributed by atoms with Gasteiger partial charge in [-0.05, 0) is 0 Å². The molecule has 0 saturated carbocycles. The fourth-order valence-electron chi connectivity index (χ4n) is 2.03. The first-order chi connectivity index (χ1) is 10.6. The van der Waals surface area contributed by atoms with Crippen molar-refractivity contribution in [1.82, 2.24) is 15.0 Å². The van der Waals surface area contributed by atoms with Gasteiger partial charge in [0.25, 0.3) is 0 Å². The third-order valence-electron chi connectivity index (χ3n) is 2.96. The molecule has 0 bridgehead atoms. The second-order valence-electron chi connectivity index (χ2n) is 4.61. The first kappa shape index (κ1) is 16.5. The summed E-state index contributed by atoms with van der Waals surface area (Å²) in [7, 11) is 0. The molecule has 0 aliphatic rings. The average molecular weight is 364 g/mol. The maximum atomic E-state index is 5.69. The number of aromatic nitrogens is 3. The van der Waals surface area contributed by atoms with Gasteiger partial charge in [-0.3, -0.25) is 0 Å². The SMILES string of the molecule is NCC[As](CCN)c1ccc(Nc2nc(N)nc(N)n2)cc1. The Labute approximate surface area is 134 Å². The normalized spacial score (nSPS) is 10.9. The summed E-state index contributed by atoms with van der Waals surface area (Å²) in [5.41, 5.74) is 23.3. The van der Waals surface area contributed by atoms with Crippen molar-refractivity contribution in [3.8, 4) is 0 Å². The van der Waals surface area contributed by atoms with Gasteiger partial charge >= 0.3 is 134 Å². The Hall–Kier alpha value is -1.89. The van der Waals surface area contributed by atoms with E-state index >= 15 is 0 Å². The van der Waals surface area contributed by atoms with E-state index in [2.05, 4.69) is 32.4 Å². The Morgan fingerprint density at radius 1 is 0.864 bits per heavy atom. The van der Waals surface area contributed by atoms with Crippen LogP contribution in [0.4, 0.5) is 23.5 Å². The number of anilines is 4. The molecule has 1 heterocycles. The molecule has 0 aliphatic carbocycles. The third kappa shape index (κ3) is 4.56. The van der Waals surface area contributed by atoms with Gasteiger partial charge in [0.2, 0.25) is 0 Å². The van der Waals surface area contributed by atoms with Gasteiger partial charge in [0.1, 0.15) is 0 Å². The van der Waals surface area contributed by atoms with Crippen molar-refractivity contribution in [3.05, 3.63) is 24.3 Å². The molecule has 22 heavy (non-hydrogen) atoms. The number of hydrogen-bond donors (Lipinski definition) is 5. The quantitative estimate of drug-likeness (QED) is 0.408. The second kappa shape index (κ2) is 7.93. The molecule has 1 aromatic heterocycles. The number of nitrogens with two attached hydrogens (primary N) is 4. The molecule has 0 aliphatic heterocycles. The summed E-state index contributed by atoms with van der Waals surface area (Å²) in [6, 6.07) is 8.20. The minimum atomic E-state index is -1.15. The molecule has 0 radical (unpaired) electrons. The van der Waals surface area contributed by atoms with Crippen molar-refractivity contribution in [2.75, 3.05) is 29.9 Å². The first-order valence-electron chi connectivity index (χ1n) is 6.91. The van der Waals surface area contributed by atoms with Crippen LogP contribution in [0.3, 0.4) is 0 Å². The van der Waals surface area contributed by atoms with E-state index in [1.165, 1.54) is 4.35 Å². The molecule has 0 spiro atoms. The monoisotopic (exact) mass is 364 g/mol. The summed E-state index contributed by atoms with van der Waals surface area (Å²) in [4.78, 5) is 11.7. The fraction of sp³-hybridized carbons (Fsp3) is 0.308. The maximum absolute atomic E-state index is 5.69. The van der Waals surface area contributed by atoms with E-state index in [9.17, 15) is 0 Å². The summed E-state index contributed by atoms with van der Waals surface area (Å²) in [5.74, 6) is 0.506. The molecule has 0 saturated heterocycles. The van der Waals surface area contributed by atoms with Gasteiger partial charge in [-0.1, -0.05) is 0 Å². The van der Waals surface area contributed by atoms with E-state index in [-0.39, 0.29) is 11.9 Å². The van der Waals surface area contributed by atoms with Crippen molar-refractivity contribution in [1.29, 1.82) is 0 Å². The predicted molar refractivity (Wildman–Crippen MR) is 91.5 cm³/mol. The van der Waals surface area contributed by atoms with Crippen LogP contribution in [0.1, 0.15) is 0 Å². The first-order valence-corrected chi connectivity index (χ1v) is 10.5. The van der Waals surface area contributed by atoms with Crippen molar-refractivity contribution >= 4 is 42.5 Å². The predicted octanol–water partition coefficient (Wildman–Crippen LogP) is -0.601. The number of benzene rings is 1. The van der Waals surface area contributed by atoms with Gasteiger partial charge in [0.15, 0.2) is 0 Å². The Kier molecular flexibility index (Phi) is 5.94. The van der Waals surface area contributed by atoms with Crippen molar-refractivity contribution in [2.24, 2.45) is 11.5 Å². The van der Waals surface area contributed by atoms with Crippen LogP contribution in [0.25, 0.3) is 0 Å². The fourth-order valence-corrected chi connectivity index (χ4v) is 6.09. The molecule has 9 heteroatoms. The molecule has 8 nitrogen and oxygen atoms in total. The van der Waals surface area contributed by atoms with Crippen LogP contribution in [0.5, 0.6) is 0 Å². The molecule has 118 valence electrons. The van der Waals surface area contributed by atoms with E-state index in [1.54, 1.807) is 0 Å². The molecule has 0 amide bonds. The van der Waals surface area contributed by atoms with E-state index in [0.29, 0.717) is 19.0 Å². The summed E-state index contributed by atoms with van der Waals surface area (Å²) >= 11 is -1.15. The van der Waals surface area contributed by atoms with Crippen LogP contribution in [-0.4, -0.2) is 42.7 Å². The number of rotatable bonds is 7. The van der Waals surface area contributed by atoms with Crippen LogP contribution >= 0.6 is 0 Å². The topological polar surface area (TPSA) is 155 Å². The molecule has 2 aromatic rings. The van der Waals surface area contributed by atoms with Crippen LogP contribution < -0.4 is 32.6 Å². The van der Waals surface area contributed by atoms with Gasteiger partial charge in [0, 0.05) is 0 Å². The standard InChI is InChI=1S/C13H21AsN8/c15-7-5-14(6-8-16)9-1-3-10(4-2-9)19-13-21-11(17)20-12(18)22-13/h1-4H,5-8,15-16H2,(H5,17,18,19,20,21,22). The second-order valence-corrected chi connectivity index (χ2v) is 9.84. The van der Waals surface area contributed by atoms with E-state index in [1.807, 2.05) is 12.1 Å². The van der Waals surface area contributed by atoms with Crippen LogP contribution in [0.2, 0.25) is 10.4 Å². The number of hydrogen-bond acceptors (Lipinski definition) is 8. The molecule has 0 unspecified atom stereocenters. The van der Waals surface area contributed by atoms with Crippen LogP contribution in [-0.2, 0) is 0 Å². The van der Waals surface area contributed by atoms with Crippen molar-refractivity contribution < 1.29 is 0 Å². The number of nitrogens with one attached hydrogen (secondary N) is 1. The van der Waals surface area contributed by atoms with Gasteiger partial charge in [-0.2, -0.15) is 0 Å². The zero-order valence-corrected chi connectivity index (χ0v) is 14.1. The van der Waals surface area contributed by atoms with Gasteiger partial charge < -0.3 is 0 Å². The number of nitrogen functional groups attached to an aromatic ring is 2. The van der Waals surface area contributed by atoms with Gasteiger partial charge in [-0.15, -0.1) is 0 Å². The van der Waals surface area contributed by atoms with E-state index in [4.69, 9.17) is 22.9 Å². The zero-order valence-electron chi connectivity index (χ0n) is 12.2. The van der Waals surface area contributed by atoms with Gasteiger partial charge in [0.05, 0.1) is 0 Å². The molecule has 9 N–H and O–H groups in total. The van der Waals surface area contributed by atoms with Crippen LogP contribution in [0, 0.1) is 0 Å². The zero-order chi connectivity index (χ0) is 15.9. The van der Waals surface area contributed by atoms with Crippen LogP contribution in [0.15, 0.2) is 24.3 Å². The summed E-state index contributed by atoms with van der Waals surface area (Å²) in [5, 5.41) is 5.19. The van der Waals surface area contributed by atoms with Gasteiger partial charge in [-0.25, -0.2) is 0 Å². The van der Waals surface area contributed by atoms with Crippen molar-refractivity contribution in [2.45, 2.75) is 10.4 Å². The molecule has 0 atom stereocenters. The Bertz CT molecular complexity index is 577. The third-order valence-corrected chi connectivity index (χ3v) is 8.46. The Morgan fingerprint density at radius 3 is 1.91 bits per heavy atom. The summed E-state index contributed by atoms with van der Waals surface area (Å²) in [6.45, 7) is 1.42.